The number of hydrogen-bond acceptors (Lipinski definition) is 4. The standard InChI is InChI=1S/C13H16N2O2/c1-13(2,3)17-12(16)11-8-14-9-6-4-5-7-10(9)15-11/h4-7,14H,8H2,1-3H3. The van der Waals surface area contributed by atoms with Gasteiger partial charge in [-0.3, -0.25) is 0 Å². The van der Waals surface area contributed by atoms with Crippen molar-refractivity contribution in [1.82, 2.24) is 0 Å². The Hall–Kier alpha value is -1.84. The molecule has 90 valence electrons. The van der Waals surface area contributed by atoms with E-state index in [0.29, 0.717) is 12.3 Å². The number of rotatable bonds is 1. The highest BCUT2D eigenvalue weighted by Crippen LogP contribution is 2.27. The van der Waals surface area contributed by atoms with Crippen molar-refractivity contribution in [2.45, 2.75) is 26.4 Å². The topological polar surface area (TPSA) is 50.7 Å². The highest BCUT2D eigenvalue weighted by molar-refractivity contribution is 6.39. The molecule has 4 heteroatoms. The Kier molecular flexibility index (Phi) is 2.88. The van der Waals surface area contributed by atoms with Crippen LogP contribution in [0.1, 0.15) is 20.8 Å². The molecule has 1 aromatic rings. The first-order chi connectivity index (χ1) is 7.96. The molecule has 0 saturated heterocycles. The molecule has 0 bridgehead atoms. The van der Waals surface area contributed by atoms with Crippen LogP contribution < -0.4 is 5.32 Å². The van der Waals surface area contributed by atoms with Gasteiger partial charge in [0.05, 0.1) is 17.9 Å². The van der Waals surface area contributed by atoms with E-state index in [2.05, 4.69) is 10.3 Å². The van der Waals surface area contributed by atoms with E-state index >= 15 is 0 Å². The summed E-state index contributed by atoms with van der Waals surface area (Å²) in [7, 11) is 0. The normalized spacial score (nSPS) is 14.4. The minimum absolute atomic E-state index is 0.362. The molecule has 1 aliphatic heterocycles. The molecule has 0 saturated carbocycles. The van der Waals surface area contributed by atoms with Crippen LogP contribution in [0, 0.1) is 0 Å². The molecule has 0 atom stereocenters. The van der Waals surface area contributed by atoms with Crippen LogP contribution in [0.25, 0.3) is 0 Å². The number of para-hydroxylation sites is 2. The van der Waals surface area contributed by atoms with Gasteiger partial charge in [-0.2, -0.15) is 0 Å². The smallest absolute Gasteiger partial charge is 0.355 e. The van der Waals surface area contributed by atoms with Gasteiger partial charge in [0, 0.05) is 0 Å². The number of anilines is 1. The zero-order valence-electron chi connectivity index (χ0n) is 10.3. The summed E-state index contributed by atoms with van der Waals surface area (Å²) in [5.41, 5.74) is 1.65. The van der Waals surface area contributed by atoms with Gasteiger partial charge in [-0.05, 0) is 32.9 Å². The maximum atomic E-state index is 11.8. The number of aliphatic imine (C=N–C) groups is 1. The molecule has 0 spiro atoms. The number of nitrogens with zero attached hydrogens (tertiary/aromatic N) is 1. The number of fused-ring (bicyclic) bond motifs is 1. The van der Waals surface area contributed by atoms with E-state index in [9.17, 15) is 4.79 Å². The molecule has 0 radical (unpaired) electrons. The summed E-state index contributed by atoms with van der Waals surface area (Å²) >= 11 is 0. The number of carbonyl (C=O) groups is 1. The molecule has 2 rings (SSSR count). The van der Waals surface area contributed by atoms with E-state index in [-0.39, 0.29) is 5.97 Å². The van der Waals surface area contributed by atoms with Crippen LogP contribution in [-0.4, -0.2) is 23.8 Å². The number of benzene rings is 1. The van der Waals surface area contributed by atoms with Gasteiger partial charge in [0.2, 0.25) is 0 Å². The summed E-state index contributed by atoms with van der Waals surface area (Å²) < 4.78 is 5.28. The maximum absolute atomic E-state index is 11.8. The van der Waals surface area contributed by atoms with Crippen molar-refractivity contribution < 1.29 is 9.53 Å². The Bertz CT molecular complexity index is 473. The third-order valence-electron chi connectivity index (χ3n) is 2.24. The molecule has 0 fully saturated rings. The molecule has 17 heavy (non-hydrogen) atoms. The predicted octanol–water partition coefficient (Wildman–Crippen LogP) is 2.53. The fourth-order valence-corrected chi connectivity index (χ4v) is 1.54. The quantitative estimate of drug-likeness (QED) is 0.757. The number of nitrogens with one attached hydrogen (secondary N) is 1. The van der Waals surface area contributed by atoms with Gasteiger partial charge in [-0.15, -0.1) is 0 Å². The van der Waals surface area contributed by atoms with Crippen LogP contribution in [0.15, 0.2) is 29.3 Å². The van der Waals surface area contributed by atoms with Crippen LogP contribution in [0.3, 0.4) is 0 Å². The van der Waals surface area contributed by atoms with Crippen LogP contribution in [0.2, 0.25) is 0 Å². The summed E-state index contributed by atoms with van der Waals surface area (Å²) in [6.45, 7) is 5.94. The summed E-state index contributed by atoms with van der Waals surface area (Å²) in [6.07, 6.45) is 0. The van der Waals surface area contributed by atoms with Crippen molar-refractivity contribution in [3.8, 4) is 0 Å². The molecule has 1 N–H and O–H groups in total. The van der Waals surface area contributed by atoms with E-state index in [1.165, 1.54) is 0 Å². The average Bonchev–Trinajstić information content (AvgIpc) is 2.26. The largest absolute Gasteiger partial charge is 0.455 e. The number of carbonyl (C=O) groups excluding carboxylic acids is 1. The predicted molar refractivity (Wildman–Crippen MR) is 67.9 cm³/mol. The van der Waals surface area contributed by atoms with Crippen molar-refractivity contribution in [1.29, 1.82) is 0 Å². The third-order valence-corrected chi connectivity index (χ3v) is 2.24. The molecule has 4 nitrogen and oxygen atoms in total. The van der Waals surface area contributed by atoms with Gasteiger partial charge in [-0.1, -0.05) is 12.1 Å². The lowest BCUT2D eigenvalue weighted by Gasteiger charge is -2.22. The number of esters is 1. The maximum Gasteiger partial charge on any atom is 0.355 e. The molecule has 0 aliphatic carbocycles. The molecule has 0 unspecified atom stereocenters. The zero-order chi connectivity index (χ0) is 12.5. The van der Waals surface area contributed by atoms with E-state index in [1.807, 2.05) is 45.0 Å². The van der Waals surface area contributed by atoms with Crippen molar-refractivity contribution in [3.05, 3.63) is 24.3 Å². The van der Waals surface area contributed by atoms with E-state index < -0.39 is 5.60 Å². The molecular formula is C13H16N2O2. The van der Waals surface area contributed by atoms with Crippen LogP contribution >= 0.6 is 0 Å². The third kappa shape index (κ3) is 2.84. The molecule has 1 heterocycles. The summed E-state index contributed by atoms with van der Waals surface area (Å²) in [6, 6.07) is 7.62. The first kappa shape index (κ1) is 11.6. The number of hydrogen-bond donors (Lipinski definition) is 1. The van der Waals surface area contributed by atoms with Gasteiger partial charge in [-0.25, -0.2) is 9.79 Å². The molecule has 1 aromatic carbocycles. The van der Waals surface area contributed by atoms with E-state index in [1.54, 1.807) is 0 Å². The van der Waals surface area contributed by atoms with Crippen molar-refractivity contribution in [2.24, 2.45) is 4.99 Å². The summed E-state index contributed by atoms with van der Waals surface area (Å²) in [4.78, 5) is 16.1. The van der Waals surface area contributed by atoms with E-state index in [4.69, 9.17) is 4.74 Å². The lowest BCUT2D eigenvalue weighted by Crippen LogP contribution is -2.33. The Labute approximate surface area is 101 Å². The van der Waals surface area contributed by atoms with Crippen LogP contribution in [-0.2, 0) is 9.53 Å². The summed E-state index contributed by atoms with van der Waals surface area (Å²) in [5, 5.41) is 3.15. The molecular weight excluding hydrogens is 216 g/mol. The SMILES string of the molecule is CC(C)(C)OC(=O)C1=Nc2ccccc2NC1. The number of ether oxygens (including phenoxy) is 1. The van der Waals surface area contributed by atoms with Gasteiger partial charge in [0.25, 0.3) is 0 Å². The average molecular weight is 232 g/mol. The highest BCUT2D eigenvalue weighted by atomic mass is 16.6. The zero-order valence-corrected chi connectivity index (χ0v) is 10.3. The van der Waals surface area contributed by atoms with Gasteiger partial charge in [0.1, 0.15) is 11.3 Å². The first-order valence-corrected chi connectivity index (χ1v) is 5.59. The van der Waals surface area contributed by atoms with Gasteiger partial charge in [0.15, 0.2) is 0 Å². The van der Waals surface area contributed by atoms with E-state index in [0.717, 1.165) is 11.4 Å². The minimum atomic E-state index is -0.490. The first-order valence-electron chi connectivity index (χ1n) is 5.59. The molecule has 0 aromatic heterocycles. The lowest BCUT2D eigenvalue weighted by atomic mass is 10.2. The van der Waals surface area contributed by atoms with Gasteiger partial charge >= 0.3 is 5.97 Å². The summed E-state index contributed by atoms with van der Waals surface area (Å²) in [5.74, 6) is -0.362. The Morgan fingerprint density at radius 2 is 2.06 bits per heavy atom. The Balaban J connectivity index is 2.20. The van der Waals surface area contributed by atoms with Crippen LogP contribution in [0.5, 0.6) is 0 Å². The van der Waals surface area contributed by atoms with Crippen molar-refractivity contribution in [3.63, 3.8) is 0 Å². The molecule has 0 amide bonds. The Morgan fingerprint density at radius 3 is 2.76 bits per heavy atom. The second kappa shape index (κ2) is 4.20. The second-order valence-electron chi connectivity index (χ2n) is 4.93. The fraction of sp³-hybridized carbons (Fsp3) is 0.385. The second-order valence-corrected chi connectivity index (χ2v) is 4.93. The fourth-order valence-electron chi connectivity index (χ4n) is 1.54. The van der Waals surface area contributed by atoms with Crippen LogP contribution in [0.4, 0.5) is 11.4 Å². The lowest BCUT2D eigenvalue weighted by molar-refractivity contribution is -0.146. The minimum Gasteiger partial charge on any atom is -0.455 e. The monoisotopic (exact) mass is 232 g/mol. The van der Waals surface area contributed by atoms with Gasteiger partial charge < -0.3 is 10.1 Å². The molecule has 1 aliphatic rings. The highest BCUT2D eigenvalue weighted by Gasteiger charge is 2.23. The van der Waals surface area contributed by atoms with Crippen molar-refractivity contribution in [2.75, 3.05) is 11.9 Å². The van der Waals surface area contributed by atoms with Crippen molar-refractivity contribution >= 4 is 23.1 Å². The Morgan fingerprint density at radius 1 is 1.35 bits per heavy atom.